The molecule has 0 unspecified atom stereocenters. The van der Waals surface area contributed by atoms with Crippen LogP contribution in [0.25, 0.3) is 72.2 Å². The van der Waals surface area contributed by atoms with Gasteiger partial charge in [0.2, 0.25) is 0 Å². The molecule has 5 aromatic carbocycles. The van der Waals surface area contributed by atoms with Gasteiger partial charge in [-0.1, -0.05) is 18.2 Å². The van der Waals surface area contributed by atoms with Crippen LogP contribution in [0.15, 0.2) is 158 Å². The number of pyridine rings is 2. The fourth-order valence-electron chi connectivity index (χ4n) is 7.08. The van der Waals surface area contributed by atoms with Crippen molar-refractivity contribution in [1.29, 1.82) is 0 Å². The van der Waals surface area contributed by atoms with Crippen molar-refractivity contribution in [2.45, 2.75) is 4.43 Å². The van der Waals surface area contributed by atoms with Crippen molar-refractivity contribution in [2.75, 3.05) is 0 Å². The summed E-state index contributed by atoms with van der Waals surface area (Å²) in [5, 5.41) is 2.41. The van der Waals surface area contributed by atoms with E-state index in [4.69, 9.17) is 9.97 Å². The molecule has 6 heteroatoms. The van der Waals surface area contributed by atoms with Crippen LogP contribution in [0, 0.1) is 7.14 Å². The van der Waals surface area contributed by atoms with Gasteiger partial charge >= 0.3 is 222 Å². The molecule has 0 fully saturated rings. The third kappa shape index (κ3) is 4.66. The van der Waals surface area contributed by atoms with Crippen molar-refractivity contribution in [3.8, 4) is 39.3 Å². The molecule has 0 amide bonds. The van der Waals surface area contributed by atoms with E-state index in [1.165, 1.54) is 34.6 Å². The van der Waals surface area contributed by atoms with Crippen LogP contribution >= 0.6 is 19.8 Å². The maximum absolute atomic E-state index is 5.19. The number of benzene rings is 5. The van der Waals surface area contributed by atoms with Crippen molar-refractivity contribution in [3.05, 3.63) is 171 Å². The van der Waals surface area contributed by atoms with E-state index in [9.17, 15) is 0 Å². The molecular weight excluding hydrogens is 713 g/mol. The van der Waals surface area contributed by atoms with Crippen LogP contribution in [0.1, 0.15) is 5.56 Å². The second-order valence-corrected chi connectivity index (χ2v) is 17.4. The van der Waals surface area contributed by atoms with Gasteiger partial charge < -0.3 is 0 Å². The molecule has 0 saturated heterocycles. The minimum atomic E-state index is -1.66. The van der Waals surface area contributed by atoms with E-state index < -0.39 is 19.8 Å². The summed E-state index contributed by atoms with van der Waals surface area (Å²) in [5.74, 6) is 0. The van der Waals surface area contributed by atoms with E-state index in [0.717, 1.165) is 54.7 Å². The predicted octanol–water partition coefficient (Wildman–Crippen LogP) is 10.6. The van der Waals surface area contributed by atoms with Crippen molar-refractivity contribution < 1.29 is 0 Å². The zero-order valence-electron chi connectivity index (χ0n) is 26.3. The van der Waals surface area contributed by atoms with Gasteiger partial charge in [-0.15, -0.1) is 0 Å². The van der Waals surface area contributed by atoms with E-state index in [2.05, 4.69) is 130 Å². The molecule has 0 spiro atoms. The number of aromatic nitrogens is 5. The van der Waals surface area contributed by atoms with Crippen LogP contribution in [0.3, 0.4) is 0 Å². The molecule has 5 nitrogen and oxygen atoms in total. The summed E-state index contributed by atoms with van der Waals surface area (Å²) >= 11 is -1.66. The average molecular weight is 742 g/mol. The molecule has 0 bridgehead atoms. The first-order valence-corrected chi connectivity index (χ1v) is 20.0. The van der Waals surface area contributed by atoms with Crippen LogP contribution in [0.2, 0.25) is 0 Å². The average Bonchev–Trinajstić information content (AvgIpc) is 3.67. The molecule has 4 aromatic heterocycles. The van der Waals surface area contributed by atoms with Crippen LogP contribution < -0.4 is 0 Å². The molecule has 10 rings (SSSR count). The molecule has 49 heavy (non-hydrogen) atoms. The van der Waals surface area contributed by atoms with Gasteiger partial charge in [0, 0.05) is 17.0 Å². The second-order valence-electron chi connectivity index (χ2n) is 12.2. The Bertz CT molecular complexity index is 2600. The van der Waals surface area contributed by atoms with Gasteiger partial charge in [-0.05, 0) is 12.1 Å². The third-order valence-electron chi connectivity index (χ3n) is 9.39. The Balaban J connectivity index is 1.03. The molecule has 0 atom stereocenters. The van der Waals surface area contributed by atoms with Crippen LogP contribution in [0.5, 0.6) is 0 Å². The zero-order valence-corrected chi connectivity index (χ0v) is 28.5. The van der Waals surface area contributed by atoms with Crippen LogP contribution in [0.4, 0.5) is 0 Å². The topological polar surface area (TPSA) is 56.5 Å². The fourth-order valence-corrected chi connectivity index (χ4v) is 13.4. The minimum absolute atomic E-state index is 0.877. The van der Waals surface area contributed by atoms with Crippen molar-refractivity contribution in [1.82, 2.24) is 24.5 Å². The SMILES string of the molecule is c1ccc2c(c1)-c1ccncc1I2Cc1ccc(-c2nc3ccccc3nc2-c2ccc(-n3c4ccccc4c4ccncc43)cc2)cc1. The zero-order chi connectivity index (χ0) is 32.3. The summed E-state index contributed by atoms with van der Waals surface area (Å²) in [6, 6.07) is 47.5. The van der Waals surface area contributed by atoms with E-state index in [-0.39, 0.29) is 0 Å². The van der Waals surface area contributed by atoms with Gasteiger partial charge in [0.25, 0.3) is 0 Å². The van der Waals surface area contributed by atoms with Gasteiger partial charge in [-0.2, -0.15) is 0 Å². The van der Waals surface area contributed by atoms with Gasteiger partial charge in [0.15, 0.2) is 0 Å². The number of hydrogen-bond acceptors (Lipinski definition) is 4. The Morgan fingerprint density at radius 3 is 1.90 bits per heavy atom. The monoisotopic (exact) mass is 741 g/mol. The summed E-state index contributed by atoms with van der Waals surface area (Å²) in [6.45, 7) is 0. The normalized spacial score (nSPS) is 12.9. The summed E-state index contributed by atoms with van der Waals surface area (Å²) in [4.78, 5) is 19.3. The van der Waals surface area contributed by atoms with Crippen molar-refractivity contribution >= 4 is 52.7 Å². The van der Waals surface area contributed by atoms with Gasteiger partial charge in [0.05, 0.1) is 17.2 Å². The number of hydrogen-bond donors (Lipinski definition) is 0. The number of nitrogens with zero attached hydrogens (tertiary/aromatic N) is 5. The second kappa shape index (κ2) is 11.5. The molecule has 232 valence electrons. The van der Waals surface area contributed by atoms with Gasteiger partial charge in [0.1, 0.15) is 0 Å². The molecule has 1 aliphatic heterocycles. The number of fused-ring (bicyclic) bond motifs is 7. The summed E-state index contributed by atoms with van der Waals surface area (Å²) in [6.07, 6.45) is 7.83. The van der Waals surface area contributed by atoms with Crippen LogP contribution in [-0.2, 0) is 4.43 Å². The van der Waals surface area contributed by atoms with E-state index in [0.29, 0.717) is 0 Å². The first-order valence-electron chi connectivity index (χ1n) is 16.3. The molecule has 0 saturated carbocycles. The summed E-state index contributed by atoms with van der Waals surface area (Å²) in [7, 11) is 0. The number of para-hydroxylation sites is 3. The van der Waals surface area contributed by atoms with Gasteiger partial charge in [-0.3, -0.25) is 4.98 Å². The van der Waals surface area contributed by atoms with Crippen molar-refractivity contribution in [3.63, 3.8) is 0 Å². The van der Waals surface area contributed by atoms with Crippen LogP contribution in [-0.4, -0.2) is 24.5 Å². The molecule has 5 heterocycles. The number of halogens is 1. The first kappa shape index (κ1) is 28.3. The first-order chi connectivity index (χ1) is 24.3. The quantitative estimate of drug-likeness (QED) is 0.130. The maximum atomic E-state index is 5.19. The molecule has 0 aliphatic carbocycles. The third-order valence-corrected chi connectivity index (χ3v) is 15.6. The number of rotatable bonds is 5. The molecule has 0 N–H and O–H groups in total. The fraction of sp³-hybridized carbons (Fsp3) is 0.0233. The Hall–Kier alpha value is -5.73. The van der Waals surface area contributed by atoms with Gasteiger partial charge in [-0.25, -0.2) is 0 Å². The standard InChI is InChI=1S/C43H28IN5/c1-3-9-36-32(7-1)33-21-23-45-26-37(33)44(36)25-28-13-15-29(16-14-28)42-43(48-39-11-5-4-10-38(39)47-42)30-17-19-31(20-18-30)49-40-12-6-2-8-34(40)35-22-24-46-27-41(35)49/h1-24,26-27H,25H2. The molecule has 9 aromatic rings. The predicted molar refractivity (Wildman–Crippen MR) is 207 cm³/mol. The Morgan fingerprint density at radius 1 is 0.490 bits per heavy atom. The van der Waals surface area contributed by atoms with E-state index in [1.54, 1.807) is 0 Å². The molecular formula is C43H28IN5. The van der Waals surface area contributed by atoms with Crippen molar-refractivity contribution in [2.24, 2.45) is 0 Å². The number of alkyl halides is 1. The van der Waals surface area contributed by atoms with E-state index in [1.807, 2.05) is 42.9 Å². The Morgan fingerprint density at radius 2 is 1.10 bits per heavy atom. The summed E-state index contributed by atoms with van der Waals surface area (Å²) in [5.41, 5.74) is 13.1. The summed E-state index contributed by atoms with van der Waals surface area (Å²) < 4.78 is 6.34. The van der Waals surface area contributed by atoms with E-state index >= 15 is 0 Å². The molecule has 1 aliphatic rings. The molecule has 0 radical (unpaired) electrons. The Labute approximate surface area is 290 Å². The Kier molecular flexibility index (Phi) is 6.62.